The second-order valence-corrected chi connectivity index (χ2v) is 5.64. The molecule has 0 aromatic rings. The van der Waals surface area contributed by atoms with E-state index in [0.29, 0.717) is 5.96 Å². The van der Waals surface area contributed by atoms with Gasteiger partial charge in [0.15, 0.2) is 5.96 Å². The van der Waals surface area contributed by atoms with Gasteiger partial charge in [0.2, 0.25) is 0 Å². The maximum absolute atomic E-state index is 5.79. The van der Waals surface area contributed by atoms with Crippen LogP contribution in [0.25, 0.3) is 0 Å². The predicted octanol–water partition coefficient (Wildman–Crippen LogP) is 2.96. The Morgan fingerprint density at radius 2 is 2.10 bits per heavy atom. The fourth-order valence-corrected chi connectivity index (χ4v) is 2.57. The summed E-state index contributed by atoms with van der Waals surface area (Å²) in [6.45, 7) is 8.83. The van der Waals surface area contributed by atoms with E-state index < -0.39 is 0 Å². The number of nitrogens with two attached hydrogens (primary N) is 1. The van der Waals surface area contributed by atoms with Gasteiger partial charge in [0.25, 0.3) is 0 Å². The average molecular weight is 396 g/mol. The molecule has 0 aliphatic carbocycles. The normalized spacial score (nSPS) is 20.5. The Bertz CT molecular complexity index is 258. The molecule has 1 heterocycles. The van der Waals surface area contributed by atoms with Gasteiger partial charge in [0.05, 0.1) is 0 Å². The Hall–Kier alpha value is -0.0400. The van der Waals surface area contributed by atoms with Crippen molar-refractivity contribution in [2.45, 2.75) is 64.8 Å². The largest absolute Gasteiger partial charge is 0.370 e. The lowest BCUT2D eigenvalue weighted by atomic mass is 10.0. The van der Waals surface area contributed by atoms with E-state index in [0.717, 1.165) is 32.0 Å². The van der Waals surface area contributed by atoms with Crippen molar-refractivity contribution >= 4 is 29.9 Å². The number of hydrogen-bond donors (Lipinski definition) is 2. The Balaban J connectivity index is 0.00000361. The summed E-state index contributed by atoms with van der Waals surface area (Å²) in [5, 5.41) is 3.15. The van der Waals surface area contributed by atoms with E-state index >= 15 is 0 Å². The van der Waals surface area contributed by atoms with E-state index in [1.807, 2.05) is 0 Å². The van der Waals surface area contributed by atoms with Gasteiger partial charge in [-0.05, 0) is 52.1 Å². The molecule has 0 aromatic heterocycles. The number of unbranched alkanes of at least 4 members (excludes halogenated alkanes) is 2. The second kappa shape index (κ2) is 12.7. The molecule has 0 amide bonds. The molecule has 1 rings (SSSR count). The molecule has 0 radical (unpaired) electrons. The van der Waals surface area contributed by atoms with Crippen molar-refractivity contribution in [3.8, 4) is 0 Å². The first kappa shape index (κ1) is 20.0. The number of guanidine groups is 1. The number of rotatable bonds is 8. The van der Waals surface area contributed by atoms with Gasteiger partial charge >= 0.3 is 0 Å². The topological polar surface area (TPSA) is 53.6 Å². The summed E-state index contributed by atoms with van der Waals surface area (Å²) >= 11 is 0. The second-order valence-electron chi connectivity index (χ2n) is 5.64. The summed E-state index contributed by atoms with van der Waals surface area (Å²) < 4.78 is 0. The molecular weight excluding hydrogens is 363 g/mol. The molecule has 120 valence electrons. The van der Waals surface area contributed by atoms with Crippen LogP contribution in [0.5, 0.6) is 0 Å². The summed E-state index contributed by atoms with van der Waals surface area (Å²) in [6, 6.07) is 0.776. The maximum Gasteiger partial charge on any atom is 0.188 e. The smallest absolute Gasteiger partial charge is 0.188 e. The summed E-state index contributed by atoms with van der Waals surface area (Å²) in [6.07, 6.45) is 8.86. The number of nitrogens with one attached hydrogen (secondary N) is 1. The third kappa shape index (κ3) is 9.00. The van der Waals surface area contributed by atoms with Crippen LogP contribution in [0.15, 0.2) is 4.99 Å². The Labute approximate surface area is 142 Å². The minimum atomic E-state index is 0. The highest BCUT2D eigenvalue weighted by atomic mass is 127. The highest BCUT2D eigenvalue weighted by Crippen LogP contribution is 2.16. The summed E-state index contributed by atoms with van der Waals surface area (Å²) in [5.41, 5.74) is 5.79. The Morgan fingerprint density at radius 3 is 2.80 bits per heavy atom. The molecule has 1 aliphatic rings. The molecule has 1 saturated heterocycles. The van der Waals surface area contributed by atoms with Crippen molar-refractivity contribution in [1.82, 2.24) is 10.2 Å². The molecular formula is C15H33IN4. The lowest BCUT2D eigenvalue weighted by Crippen LogP contribution is -2.38. The lowest BCUT2D eigenvalue weighted by molar-refractivity contribution is 0.158. The van der Waals surface area contributed by atoms with Crippen LogP contribution in [-0.4, -0.2) is 43.1 Å². The van der Waals surface area contributed by atoms with Crippen molar-refractivity contribution in [1.29, 1.82) is 0 Å². The van der Waals surface area contributed by atoms with E-state index in [1.54, 1.807) is 0 Å². The Morgan fingerprint density at radius 1 is 1.30 bits per heavy atom. The van der Waals surface area contributed by atoms with Crippen molar-refractivity contribution in [3.63, 3.8) is 0 Å². The fourth-order valence-electron chi connectivity index (χ4n) is 2.57. The van der Waals surface area contributed by atoms with Crippen molar-refractivity contribution < 1.29 is 0 Å². The molecule has 4 nitrogen and oxygen atoms in total. The van der Waals surface area contributed by atoms with Crippen LogP contribution in [-0.2, 0) is 0 Å². The minimum absolute atomic E-state index is 0. The quantitative estimate of drug-likeness (QED) is 0.287. The number of hydrogen-bond acceptors (Lipinski definition) is 2. The fraction of sp³-hybridized carbons (Fsp3) is 0.933. The number of halogens is 1. The van der Waals surface area contributed by atoms with Crippen LogP contribution in [0.1, 0.15) is 58.8 Å². The van der Waals surface area contributed by atoms with Crippen LogP contribution >= 0.6 is 24.0 Å². The van der Waals surface area contributed by atoms with Gasteiger partial charge in [-0.3, -0.25) is 4.99 Å². The van der Waals surface area contributed by atoms with Crippen LogP contribution in [0.3, 0.4) is 0 Å². The summed E-state index contributed by atoms with van der Waals surface area (Å²) in [7, 11) is 0. The SMILES string of the molecule is CCCCNC(N)=NCCCCN1CCCCC1C.I. The zero-order valence-electron chi connectivity index (χ0n) is 13.2. The Kier molecular flexibility index (Phi) is 12.7. The van der Waals surface area contributed by atoms with E-state index in [2.05, 4.69) is 29.1 Å². The van der Waals surface area contributed by atoms with Crippen molar-refractivity contribution in [2.24, 2.45) is 10.7 Å². The molecule has 20 heavy (non-hydrogen) atoms. The molecule has 5 heteroatoms. The molecule has 1 aliphatic heterocycles. The number of piperidine rings is 1. The van der Waals surface area contributed by atoms with E-state index in [9.17, 15) is 0 Å². The van der Waals surface area contributed by atoms with Gasteiger partial charge < -0.3 is 16.0 Å². The minimum Gasteiger partial charge on any atom is -0.370 e. The zero-order valence-corrected chi connectivity index (χ0v) is 15.6. The van der Waals surface area contributed by atoms with Crippen LogP contribution in [0.2, 0.25) is 0 Å². The molecule has 0 saturated carbocycles. The van der Waals surface area contributed by atoms with Crippen LogP contribution in [0, 0.1) is 0 Å². The van der Waals surface area contributed by atoms with Gasteiger partial charge in [0, 0.05) is 19.1 Å². The molecule has 1 atom stereocenters. The highest BCUT2D eigenvalue weighted by molar-refractivity contribution is 14.0. The maximum atomic E-state index is 5.79. The van der Waals surface area contributed by atoms with Gasteiger partial charge in [0.1, 0.15) is 0 Å². The first-order chi connectivity index (χ1) is 9.24. The lowest BCUT2D eigenvalue weighted by Gasteiger charge is -2.33. The monoisotopic (exact) mass is 396 g/mol. The molecule has 1 fully saturated rings. The predicted molar refractivity (Wildman–Crippen MR) is 98.9 cm³/mol. The average Bonchev–Trinajstić information content (AvgIpc) is 2.41. The first-order valence-electron chi connectivity index (χ1n) is 8.02. The van der Waals surface area contributed by atoms with Crippen molar-refractivity contribution in [2.75, 3.05) is 26.2 Å². The summed E-state index contributed by atoms with van der Waals surface area (Å²) in [5.74, 6) is 0.611. The highest BCUT2D eigenvalue weighted by Gasteiger charge is 2.16. The van der Waals surface area contributed by atoms with Gasteiger partial charge in [-0.15, -0.1) is 24.0 Å². The third-order valence-electron chi connectivity index (χ3n) is 3.91. The third-order valence-corrected chi connectivity index (χ3v) is 3.91. The molecule has 3 N–H and O–H groups in total. The number of nitrogens with zero attached hydrogens (tertiary/aromatic N) is 2. The molecule has 0 spiro atoms. The van der Waals surface area contributed by atoms with Gasteiger partial charge in [-0.1, -0.05) is 19.8 Å². The van der Waals surface area contributed by atoms with E-state index in [-0.39, 0.29) is 24.0 Å². The standard InChI is InChI=1S/C15H32N4.HI/c1-3-4-10-17-15(16)18-11-6-8-13-19-12-7-5-9-14(19)2;/h14H,3-13H2,1-2H3,(H3,16,17,18);1H. The molecule has 0 bridgehead atoms. The van der Waals surface area contributed by atoms with Crippen LogP contribution < -0.4 is 11.1 Å². The molecule has 1 unspecified atom stereocenters. The van der Waals surface area contributed by atoms with Crippen LogP contribution in [0.4, 0.5) is 0 Å². The first-order valence-corrected chi connectivity index (χ1v) is 8.02. The van der Waals surface area contributed by atoms with Gasteiger partial charge in [-0.2, -0.15) is 0 Å². The van der Waals surface area contributed by atoms with E-state index in [4.69, 9.17) is 5.73 Å². The summed E-state index contributed by atoms with van der Waals surface area (Å²) in [4.78, 5) is 6.98. The van der Waals surface area contributed by atoms with E-state index in [1.165, 1.54) is 45.2 Å². The number of likely N-dealkylation sites (tertiary alicyclic amines) is 1. The number of aliphatic imine (C=N–C) groups is 1. The van der Waals surface area contributed by atoms with Gasteiger partial charge in [-0.25, -0.2) is 0 Å². The zero-order chi connectivity index (χ0) is 13.9. The molecule has 0 aromatic carbocycles. The van der Waals surface area contributed by atoms with Crippen molar-refractivity contribution in [3.05, 3.63) is 0 Å².